The zero-order valence-electron chi connectivity index (χ0n) is 11.9. The third-order valence-electron chi connectivity index (χ3n) is 4.14. The summed E-state index contributed by atoms with van der Waals surface area (Å²) in [4.78, 5) is 2.44. The van der Waals surface area contributed by atoms with Gasteiger partial charge in [0, 0.05) is 0 Å². The molecule has 2 heteroatoms. The van der Waals surface area contributed by atoms with Gasteiger partial charge in [-0.1, -0.05) is 12.1 Å². The van der Waals surface area contributed by atoms with Crippen LogP contribution in [0.3, 0.4) is 0 Å². The van der Waals surface area contributed by atoms with E-state index in [1.165, 1.54) is 49.9 Å². The van der Waals surface area contributed by atoms with Gasteiger partial charge in [0.1, 0.15) is 5.75 Å². The van der Waals surface area contributed by atoms with E-state index >= 15 is 0 Å². The molecule has 1 aromatic carbocycles. The summed E-state index contributed by atoms with van der Waals surface area (Å²) in [6, 6.07) is 6.58. The number of hydrogen-bond donors (Lipinski definition) is 0. The third-order valence-corrected chi connectivity index (χ3v) is 4.14. The monoisotopic (exact) mass is 247 g/mol. The standard InChI is InChI=1S/C16H25NO/c1-13-12-15(6-7-16(13)18-3)5-4-14-8-10-17(2)11-9-14/h6-7,12,14H,4-5,8-11H2,1-3H3. The molecule has 2 nitrogen and oxygen atoms in total. The maximum atomic E-state index is 5.30. The van der Waals surface area contributed by atoms with Gasteiger partial charge in [-0.2, -0.15) is 0 Å². The Balaban J connectivity index is 1.84. The van der Waals surface area contributed by atoms with Crippen LogP contribution in [0.15, 0.2) is 18.2 Å². The van der Waals surface area contributed by atoms with E-state index in [4.69, 9.17) is 4.74 Å². The summed E-state index contributed by atoms with van der Waals surface area (Å²) < 4.78 is 5.30. The Morgan fingerprint density at radius 1 is 1.28 bits per heavy atom. The van der Waals surface area contributed by atoms with Crippen LogP contribution in [0.25, 0.3) is 0 Å². The van der Waals surface area contributed by atoms with Gasteiger partial charge in [-0.3, -0.25) is 0 Å². The van der Waals surface area contributed by atoms with Crippen LogP contribution in [0.4, 0.5) is 0 Å². The molecule has 0 radical (unpaired) electrons. The second kappa shape index (κ2) is 6.24. The highest BCUT2D eigenvalue weighted by Crippen LogP contribution is 2.24. The minimum Gasteiger partial charge on any atom is -0.496 e. The molecule has 2 rings (SSSR count). The number of ether oxygens (including phenoxy) is 1. The lowest BCUT2D eigenvalue weighted by molar-refractivity contribution is 0.212. The summed E-state index contributed by atoms with van der Waals surface area (Å²) in [5, 5.41) is 0. The average Bonchev–Trinajstić information content (AvgIpc) is 2.38. The van der Waals surface area contributed by atoms with Crippen molar-refractivity contribution in [1.82, 2.24) is 4.90 Å². The van der Waals surface area contributed by atoms with E-state index in [-0.39, 0.29) is 0 Å². The van der Waals surface area contributed by atoms with Crippen LogP contribution in [0.1, 0.15) is 30.4 Å². The molecule has 1 aliphatic heterocycles. The molecule has 0 unspecified atom stereocenters. The Kier molecular flexibility index (Phi) is 4.65. The Morgan fingerprint density at radius 3 is 2.61 bits per heavy atom. The smallest absolute Gasteiger partial charge is 0.121 e. The highest BCUT2D eigenvalue weighted by Gasteiger charge is 2.16. The number of benzene rings is 1. The van der Waals surface area contributed by atoms with Crippen molar-refractivity contribution in [2.45, 2.75) is 32.6 Å². The van der Waals surface area contributed by atoms with Gasteiger partial charge in [-0.05, 0) is 75.9 Å². The number of hydrogen-bond acceptors (Lipinski definition) is 2. The quantitative estimate of drug-likeness (QED) is 0.809. The maximum absolute atomic E-state index is 5.30. The predicted octanol–water partition coefficient (Wildman–Crippen LogP) is 3.28. The van der Waals surface area contributed by atoms with E-state index in [0.29, 0.717) is 0 Å². The zero-order chi connectivity index (χ0) is 13.0. The second-order valence-electron chi connectivity index (χ2n) is 5.59. The van der Waals surface area contributed by atoms with Crippen molar-refractivity contribution in [2.75, 3.05) is 27.2 Å². The second-order valence-corrected chi connectivity index (χ2v) is 5.59. The first-order valence-electron chi connectivity index (χ1n) is 7.01. The van der Waals surface area contributed by atoms with Crippen molar-refractivity contribution in [3.63, 3.8) is 0 Å². The summed E-state index contributed by atoms with van der Waals surface area (Å²) >= 11 is 0. The molecule has 0 aromatic heterocycles. The van der Waals surface area contributed by atoms with Crippen LogP contribution < -0.4 is 4.74 Å². The Bertz CT molecular complexity index is 381. The SMILES string of the molecule is COc1ccc(CCC2CCN(C)CC2)cc1C. The molecule has 0 saturated carbocycles. The summed E-state index contributed by atoms with van der Waals surface area (Å²) in [6.45, 7) is 4.66. The molecule has 18 heavy (non-hydrogen) atoms. The van der Waals surface area contributed by atoms with Gasteiger partial charge in [0.2, 0.25) is 0 Å². The van der Waals surface area contributed by atoms with Crippen molar-refractivity contribution in [2.24, 2.45) is 5.92 Å². The third kappa shape index (κ3) is 3.49. The Morgan fingerprint density at radius 2 is 2.00 bits per heavy atom. The molecule has 0 aliphatic carbocycles. The normalized spacial score (nSPS) is 17.9. The van der Waals surface area contributed by atoms with Crippen LogP contribution in [0, 0.1) is 12.8 Å². The highest BCUT2D eigenvalue weighted by molar-refractivity contribution is 5.36. The van der Waals surface area contributed by atoms with E-state index in [2.05, 4.69) is 37.1 Å². The van der Waals surface area contributed by atoms with E-state index in [9.17, 15) is 0 Å². The van der Waals surface area contributed by atoms with E-state index in [0.717, 1.165) is 11.7 Å². The van der Waals surface area contributed by atoms with Gasteiger partial charge >= 0.3 is 0 Å². The number of nitrogens with zero attached hydrogens (tertiary/aromatic N) is 1. The number of piperidine rings is 1. The minimum atomic E-state index is 0.920. The lowest BCUT2D eigenvalue weighted by Crippen LogP contribution is -2.30. The van der Waals surface area contributed by atoms with Crippen molar-refractivity contribution in [3.8, 4) is 5.75 Å². The van der Waals surface area contributed by atoms with Gasteiger partial charge in [0.15, 0.2) is 0 Å². The number of aryl methyl sites for hydroxylation is 2. The molecule has 0 N–H and O–H groups in total. The van der Waals surface area contributed by atoms with E-state index < -0.39 is 0 Å². The fourth-order valence-corrected chi connectivity index (χ4v) is 2.82. The Hall–Kier alpha value is -1.02. The van der Waals surface area contributed by atoms with Crippen molar-refractivity contribution in [3.05, 3.63) is 29.3 Å². The van der Waals surface area contributed by atoms with Crippen molar-refractivity contribution in [1.29, 1.82) is 0 Å². The number of rotatable bonds is 4. The number of likely N-dealkylation sites (tertiary alicyclic amines) is 1. The van der Waals surface area contributed by atoms with Crippen molar-refractivity contribution < 1.29 is 4.74 Å². The molecule has 0 atom stereocenters. The topological polar surface area (TPSA) is 12.5 Å². The largest absolute Gasteiger partial charge is 0.496 e. The lowest BCUT2D eigenvalue weighted by atomic mass is 9.90. The summed E-state index contributed by atoms with van der Waals surface area (Å²) in [5.74, 6) is 1.92. The zero-order valence-corrected chi connectivity index (χ0v) is 11.9. The van der Waals surface area contributed by atoms with Crippen LogP contribution in [0.5, 0.6) is 5.75 Å². The molecule has 1 aromatic rings. The molecule has 0 amide bonds. The van der Waals surface area contributed by atoms with Gasteiger partial charge in [-0.15, -0.1) is 0 Å². The van der Waals surface area contributed by atoms with Gasteiger partial charge in [0.05, 0.1) is 7.11 Å². The first kappa shape index (κ1) is 13.4. The lowest BCUT2D eigenvalue weighted by Gasteiger charge is -2.28. The molecule has 0 spiro atoms. The molecular formula is C16H25NO. The minimum absolute atomic E-state index is 0.920. The summed E-state index contributed by atoms with van der Waals surface area (Å²) in [7, 11) is 3.96. The van der Waals surface area contributed by atoms with Crippen LogP contribution >= 0.6 is 0 Å². The van der Waals surface area contributed by atoms with Crippen LogP contribution in [0.2, 0.25) is 0 Å². The molecule has 1 heterocycles. The predicted molar refractivity (Wildman–Crippen MR) is 76.3 cm³/mol. The van der Waals surface area contributed by atoms with Crippen LogP contribution in [-0.4, -0.2) is 32.1 Å². The Labute approximate surface area is 111 Å². The van der Waals surface area contributed by atoms with Gasteiger partial charge in [0.25, 0.3) is 0 Å². The van der Waals surface area contributed by atoms with E-state index in [1.54, 1.807) is 7.11 Å². The maximum Gasteiger partial charge on any atom is 0.121 e. The molecule has 1 saturated heterocycles. The first-order valence-corrected chi connectivity index (χ1v) is 7.01. The molecule has 1 fully saturated rings. The summed E-state index contributed by atoms with van der Waals surface area (Å²) in [5.41, 5.74) is 2.70. The molecular weight excluding hydrogens is 222 g/mol. The molecule has 1 aliphatic rings. The van der Waals surface area contributed by atoms with E-state index in [1.807, 2.05) is 0 Å². The van der Waals surface area contributed by atoms with Gasteiger partial charge < -0.3 is 9.64 Å². The number of methoxy groups -OCH3 is 1. The molecule has 100 valence electrons. The van der Waals surface area contributed by atoms with Crippen LogP contribution in [-0.2, 0) is 6.42 Å². The fourth-order valence-electron chi connectivity index (χ4n) is 2.82. The average molecular weight is 247 g/mol. The molecule has 0 bridgehead atoms. The summed E-state index contributed by atoms with van der Waals surface area (Å²) in [6.07, 6.45) is 5.27. The fraction of sp³-hybridized carbons (Fsp3) is 0.625. The first-order chi connectivity index (χ1) is 8.69. The highest BCUT2D eigenvalue weighted by atomic mass is 16.5. The van der Waals surface area contributed by atoms with Crippen molar-refractivity contribution >= 4 is 0 Å². The van der Waals surface area contributed by atoms with Gasteiger partial charge in [-0.25, -0.2) is 0 Å².